The van der Waals surface area contributed by atoms with Gasteiger partial charge < -0.3 is 19.9 Å². The molecule has 0 radical (unpaired) electrons. The minimum atomic E-state index is -0.585. The molecule has 112 valence electrons. The predicted molar refractivity (Wildman–Crippen MR) is 74.3 cm³/mol. The molecule has 5 heteroatoms. The van der Waals surface area contributed by atoms with Crippen molar-refractivity contribution in [3.63, 3.8) is 0 Å². The maximum absolute atomic E-state index is 12.7. The quantitative estimate of drug-likeness (QED) is 0.798. The third-order valence-corrected chi connectivity index (χ3v) is 3.58. The van der Waals surface area contributed by atoms with Crippen molar-refractivity contribution in [2.45, 2.75) is 25.6 Å². The van der Waals surface area contributed by atoms with Gasteiger partial charge in [-0.15, -0.1) is 0 Å². The van der Waals surface area contributed by atoms with Gasteiger partial charge in [0.2, 0.25) is 0 Å². The first-order valence-electron chi connectivity index (χ1n) is 7.04. The second-order valence-corrected chi connectivity index (χ2v) is 5.20. The van der Waals surface area contributed by atoms with E-state index >= 15 is 0 Å². The van der Waals surface area contributed by atoms with Crippen molar-refractivity contribution in [3.8, 4) is 5.75 Å². The van der Waals surface area contributed by atoms with Crippen molar-refractivity contribution < 1.29 is 19.0 Å². The molecule has 0 spiro atoms. The maximum atomic E-state index is 12.7. The summed E-state index contributed by atoms with van der Waals surface area (Å²) < 4.78 is 23.6. The van der Waals surface area contributed by atoms with Gasteiger partial charge in [-0.1, -0.05) is 0 Å². The Morgan fingerprint density at radius 1 is 1.45 bits per heavy atom. The molecule has 1 fully saturated rings. The van der Waals surface area contributed by atoms with Crippen LogP contribution in [0.2, 0.25) is 0 Å². The Balaban J connectivity index is 1.60. The van der Waals surface area contributed by atoms with Crippen LogP contribution in [0.1, 0.15) is 13.3 Å². The summed E-state index contributed by atoms with van der Waals surface area (Å²) in [6.45, 7) is 4.41. The molecule has 0 aliphatic carbocycles. The van der Waals surface area contributed by atoms with E-state index in [0.717, 1.165) is 19.6 Å². The first-order valence-corrected chi connectivity index (χ1v) is 7.04. The van der Waals surface area contributed by atoms with Crippen molar-refractivity contribution >= 4 is 0 Å². The summed E-state index contributed by atoms with van der Waals surface area (Å²) in [6, 6.07) is 5.77. The van der Waals surface area contributed by atoms with Gasteiger partial charge >= 0.3 is 0 Å². The van der Waals surface area contributed by atoms with Crippen LogP contribution in [0.25, 0.3) is 0 Å². The van der Waals surface area contributed by atoms with Gasteiger partial charge in [0, 0.05) is 19.7 Å². The molecule has 0 amide bonds. The molecular weight excluding hydrogens is 261 g/mol. The number of benzene rings is 1. The van der Waals surface area contributed by atoms with Gasteiger partial charge in [0.15, 0.2) is 0 Å². The highest BCUT2D eigenvalue weighted by Crippen LogP contribution is 2.19. The molecule has 1 aliphatic rings. The molecule has 2 N–H and O–H groups in total. The summed E-state index contributed by atoms with van der Waals surface area (Å²) in [7, 11) is 0. The highest BCUT2D eigenvalue weighted by Gasteiger charge is 2.23. The lowest BCUT2D eigenvalue weighted by molar-refractivity contribution is 0.0946. The third-order valence-electron chi connectivity index (χ3n) is 3.58. The van der Waals surface area contributed by atoms with Crippen molar-refractivity contribution in [1.29, 1.82) is 0 Å². The van der Waals surface area contributed by atoms with Gasteiger partial charge in [0.05, 0.1) is 6.10 Å². The number of halogens is 1. The van der Waals surface area contributed by atoms with E-state index in [2.05, 4.69) is 12.2 Å². The molecule has 1 aromatic rings. The molecule has 0 bridgehead atoms. The number of ether oxygens (including phenoxy) is 2. The number of nitrogens with one attached hydrogen (secondary N) is 1. The van der Waals surface area contributed by atoms with Gasteiger partial charge in [0.1, 0.15) is 24.3 Å². The van der Waals surface area contributed by atoms with Gasteiger partial charge in [-0.25, -0.2) is 4.39 Å². The van der Waals surface area contributed by atoms with Crippen LogP contribution in [0.5, 0.6) is 5.75 Å². The van der Waals surface area contributed by atoms with Gasteiger partial charge in [-0.2, -0.15) is 0 Å². The van der Waals surface area contributed by atoms with Gasteiger partial charge in [-0.3, -0.25) is 0 Å². The largest absolute Gasteiger partial charge is 0.491 e. The fraction of sp³-hybridized carbons (Fsp3) is 0.600. The molecule has 4 nitrogen and oxygen atoms in total. The molecule has 1 aromatic carbocycles. The van der Waals surface area contributed by atoms with Crippen LogP contribution in [-0.4, -0.2) is 43.6 Å². The van der Waals surface area contributed by atoms with E-state index in [1.807, 2.05) is 0 Å². The lowest BCUT2D eigenvalue weighted by Crippen LogP contribution is -2.35. The van der Waals surface area contributed by atoms with Gasteiger partial charge in [0.25, 0.3) is 0 Å². The van der Waals surface area contributed by atoms with Crippen LogP contribution in [0, 0.1) is 11.7 Å². The number of hydrogen-bond acceptors (Lipinski definition) is 4. The summed E-state index contributed by atoms with van der Waals surface area (Å²) in [5, 5.41) is 13.0. The third kappa shape index (κ3) is 4.74. The van der Waals surface area contributed by atoms with E-state index in [9.17, 15) is 9.50 Å². The molecule has 3 atom stereocenters. The number of rotatable bonds is 7. The van der Waals surface area contributed by atoms with E-state index in [0.29, 0.717) is 18.2 Å². The monoisotopic (exact) mass is 283 g/mol. The van der Waals surface area contributed by atoms with Crippen LogP contribution in [0.4, 0.5) is 4.39 Å². The lowest BCUT2D eigenvalue weighted by atomic mass is 10.0. The normalized spacial score (nSPS) is 23.8. The van der Waals surface area contributed by atoms with Crippen LogP contribution in [0.15, 0.2) is 24.3 Å². The zero-order valence-corrected chi connectivity index (χ0v) is 11.7. The van der Waals surface area contributed by atoms with Gasteiger partial charge in [-0.05, 0) is 43.5 Å². The number of hydrogen-bond donors (Lipinski definition) is 2. The average molecular weight is 283 g/mol. The summed E-state index contributed by atoms with van der Waals surface area (Å²) in [5.74, 6) is 0.774. The maximum Gasteiger partial charge on any atom is 0.123 e. The second-order valence-electron chi connectivity index (χ2n) is 5.20. The Morgan fingerprint density at radius 2 is 2.20 bits per heavy atom. The van der Waals surface area contributed by atoms with Crippen LogP contribution in [-0.2, 0) is 4.74 Å². The minimum absolute atomic E-state index is 0.190. The Labute approximate surface area is 118 Å². The van der Waals surface area contributed by atoms with Crippen molar-refractivity contribution in [2.24, 2.45) is 5.92 Å². The van der Waals surface area contributed by atoms with E-state index < -0.39 is 6.10 Å². The molecule has 1 heterocycles. The molecule has 20 heavy (non-hydrogen) atoms. The summed E-state index contributed by atoms with van der Waals surface area (Å²) in [6.07, 6.45) is 0.767. The predicted octanol–water partition coefficient (Wildman–Crippen LogP) is 1.58. The first-order chi connectivity index (χ1) is 9.65. The molecule has 2 rings (SSSR count). The van der Waals surface area contributed by atoms with Crippen LogP contribution >= 0.6 is 0 Å². The molecule has 3 unspecified atom stereocenters. The highest BCUT2D eigenvalue weighted by atomic mass is 19.1. The zero-order valence-electron chi connectivity index (χ0n) is 11.7. The second kappa shape index (κ2) is 7.57. The molecular formula is C15H22FNO3. The zero-order chi connectivity index (χ0) is 14.4. The van der Waals surface area contributed by atoms with E-state index in [1.54, 1.807) is 12.1 Å². The highest BCUT2D eigenvalue weighted by molar-refractivity contribution is 5.22. The summed E-state index contributed by atoms with van der Waals surface area (Å²) in [5.41, 5.74) is 0. The standard InChI is InChI=1S/C15H22FNO3/c1-11-12(6-7-19-11)8-17-9-14(18)10-20-15-4-2-13(16)3-5-15/h2-5,11-12,14,17-18H,6-10H2,1H3. The van der Waals surface area contributed by atoms with Crippen LogP contribution in [0.3, 0.4) is 0 Å². The molecule has 0 saturated carbocycles. The molecule has 1 aliphatic heterocycles. The Morgan fingerprint density at radius 3 is 2.85 bits per heavy atom. The van der Waals surface area contributed by atoms with E-state index in [4.69, 9.17) is 9.47 Å². The summed E-state index contributed by atoms with van der Waals surface area (Å²) in [4.78, 5) is 0. The molecule has 1 saturated heterocycles. The topological polar surface area (TPSA) is 50.7 Å². The minimum Gasteiger partial charge on any atom is -0.491 e. The lowest BCUT2D eigenvalue weighted by Gasteiger charge is -2.17. The Bertz CT molecular complexity index is 399. The smallest absolute Gasteiger partial charge is 0.123 e. The van der Waals surface area contributed by atoms with Crippen molar-refractivity contribution in [2.75, 3.05) is 26.3 Å². The average Bonchev–Trinajstić information content (AvgIpc) is 2.84. The van der Waals surface area contributed by atoms with Crippen molar-refractivity contribution in [1.82, 2.24) is 5.32 Å². The summed E-state index contributed by atoms with van der Waals surface area (Å²) >= 11 is 0. The van der Waals surface area contributed by atoms with Crippen LogP contribution < -0.4 is 10.1 Å². The fourth-order valence-corrected chi connectivity index (χ4v) is 2.26. The Kier molecular flexibility index (Phi) is 5.76. The van der Waals surface area contributed by atoms with E-state index in [1.165, 1.54) is 12.1 Å². The van der Waals surface area contributed by atoms with Crippen molar-refractivity contribution in [3.05, 3.63) is 30.1 Å². The first kappa shape index (κ1) is 15.2. The fourth-order valence-electron chi connectivity index (χ4n) is 2.26. The number of aliphatic hydroxyl groups is 1. The van der Waals surface area contributed by atoms with E-state index in [-0.39, 0.29) is 18.5 Å². The Hall–Kier alpha value is -1.17. The number of aliphatic hydroxyl groups excluding tert-OH is 1. The molecule has 0 aromatic heterocycles. The SMILES string of the molecule is CC1OCCC1CNCC(O)COc1ccc(F)cc1.